The standard InChI is InChI=1S/C2H2N2O6S3/c5-9-10-12-1-3-4-2(11-1)13(6,7)8/h5H,(H,6,7,8). The molecule has 2 N–H and O–H groups in total. The average Bonchev–Trinajstić information content (AvgIpc) is 2.47. The van der Waals surface area contributed by atoms with Crippen LogP contribution in [0.3, 0.4) is 0 Å². The molecular weight excluding hydrogens is 244 g/mol. The molecule has 74 valence electrons. The monoisotopic (exact) mass is 246 g/mol. The average molecular weight is 246 g/mol. The molecule has 0 unspecified atom stereocenters. The van der Waals surface area contributed by atoms with E-state index in [1.165, 1.54) is 0 Å². The molecule has 0 aromatic carbocycles. The van der Waals surface area contributed by atoms with Gasteiger partial charge in [-0.1, -0.05) is 16.4 Å². The van der Waals surface area contributed by atoms with Crippen LogP contribution < -0.4 is 0 Å². The van der Waals surface area contributed by atoms with E-state index in [9.17, 15) is 8.42 Å². The van der Waals surface area contributed by atoms with Gasteiger partial charge in [0.15, 0.2) is 0 Å². The summed E-state index contributed by atoms with van der Waals surface area (Å²) in [5.74, 6) is 0. The smallest absolute Gasteiger partial charge is 0.280 e. The summed E-state index contributed by atoms with van der Waals surface area (Å²) in [6.45, 7) is 0. The highest BCUT2D eigenvalue weighted by Crippen LogP contribution is 2.25. The van der Waals surface area contributed by atoms with Gasteiger partial charge < -0.3 is 0 Å². The van der Waals surface area contributed by atoms with Crippen LogP contribution in [0.15, 0.2) is 8.68 Å². The van der Waals surface area contributed by atoms with Gasteiger partial charge in [0, 0.05) is 0 Å². The van der Waals surface area contributed by atoms with E-state index in [0.29, 0.717) is 23.4 Å². The Morgan fingerprint density at radius 2 is 2.15 bits per heavy atom. The van der Waals surface area contributed by atoms with E-state index in [1.54, 1.807) is 0 Å². The van der Waals surface area contributed by atoms with Crippen molar-refractivity contribution in [3.63, 3.8) is 0 Å². The minimum Gasteiger partial charge on any atom is -0.280 e. The first-order valence-corrected chi connectivity index (χ1v) is 5.49. The Balaban J connectivity index is 2.76. The lowest BCUT2D eigenvalue weighted by Crippen LogP contribution is -1.96. The van der Waals surface area contributed by atoms with Crippen LogP contribution in [0, 0.1) is 0 Å². The van der Waals surface area contributed by atoms with Crippen molar-refractivity contribution in [3.8, 4) is 0 Å². The molecule has 1 aromatic heterocycles. The molecule has 0 radical (unpaired) electrons. The van der Waals surface area contributed by atoms with Crippen molar-refractivity contribution in [2.75, 3.05) is 0 Å². The van der Waals surface area contributed by atoms with E-state index in [0.717, 1.165) is 0 Å². The SMILES string of the molecule is O=S(=O)(O)c1nnc(SOOO)s1. The molecule has 0 saturated heterocycles. The van der Waals surface area contributed by atoms with E-state index >= 15 is 0 Å². The van der Waals surface area contributed by atoms with Gasteiger partial charge in [0.1, 0.15) is 12.0 Å². The van der Waals surface area contributed by atoms with Gasteiger partial charge in [-0.15, -0.1) is 14.5 Å². The maximum atomic E-state index is 10.5. The zero-order valence-corrected chi connectivity index (χ0v) is 8.10. The van der Waals surface area contributed by atoms with E-state index in [4.69, 9.17) is 9.81 Å². The normalized spacial score (nSPS) is 11.8. The van der Waals surface area contributed by atoms with Gasteiger partial charge in [0.25, 0.3) is 4.34 Å². The predicted octanol–water partition coefficient (Wildman–Crippen LogP) is 0.213. The maximum absolute atomic E-state index is 10.5. The zero-order chi connectivity index (χ0) is 9.90. The van der Waals surface area contributed by atoms with Crippen molar-refractivity contribution in [2.24, 2.45) is 0 Å². The highest BCUT2D eigenvalue weighted by atomic mass is 32.3. The Morgan fingerprint density at radius 1 is 1.46 bits per heavy atom. The van der Waals surface area contributed by atoms with Crippen molar-refractivity contribution < 1.29 is 27.6 Å². The third-order valence-corrected chi connectivity index (χ3v) is 3.47. The second kappa shape index (κ2) is 4.28. The molecule has 0 fully saturated rings. The van der Waals surface area contributed by atoms with Crippen molar-refractivity contribution in [1.82, 2.24) is 10.2 Å². The first-order valence-electron chi connectivity index (χ1n) is 2.50. The lowest BCUT2D eigenvalue weighted by atomic mass is 11.6. The fraction of sp³-hybridized carbons (Fsp3) is 0. The molecule has 0 bridgehead atoms. The molecule has 13 heavy (non-hydrogen) atoms. The van der Waals surface area contributed by atoms with Crippen molar-refractivity contribution in [2.45, 2.75) is 8.68 Å². The number of aromatic nitrogens is 2. The summed E-state index contributed by atoms with van der Waals surface area (Å²) in [6.07, 6.45) is 0. The molecule has 8 nitrogen and oxygen atoms in total. The van der Waals surface area contributed by atoms with Gasteiger partial charge >= 0.3 is 10.1 Å². The molecule has 1 heterocycles. The Bertz CT molecular complexity index is 371. The second-order valence-corrected chi connectivity index (χ2v) is 5.06. The van der Waals surface area contributed by atoms with Crippen LogP contribution in [0.4, 0.5) is 0 Å². The molecule has 0 saturated carbocycles. The highest BCUT2D eigenvalue weighted by Gasteiger charge is 2.17. The van der Waals surface area contributed by atoms with Gasteiger partial charge in [-0.25, -0.2) is 5.26 Å². The van der Waals surface area contributed by atoms with Crippen LogP contribution in [0.2, 0.25) is 0 Å². The van der Waals surface area contributed by atoms with E-state index < -0.39 is 14.5 Å². The number of rotatable bonds is 4. The topological polar surface area (TPSA) is 119 Å². The van der Waals surface area contributed by atoms with Gasteiger partial charge in [-0.3, -0.25) is 4.55 Å². The summed E-state index contributed by atoms with van der Waals surface area (Å²) in [5, 5.41) is 17.4. The minimum absolute atomic E-state index is 0.0571. The molecule has 1 rings (SSSR count). The van der Waals surface area contributed by atoms with Gasteiger partial charge in [0.05, 0.1) is 0 Å². The van der Waals surface area contributed by atoms with Crippen molar-refractivity contribution in [1.29, 1.82) is 0 Å². The number of hydrogen-bond acceptors (Lipinski definition) is 9. The molecule has 0 aliphatic rings. The highest BCUT2D eigenvalue weighted by molar-refractivity contribution is 7.97. The molecule has 0 atom stereocenters. The van der Waals surface area contributed by atoms with Gasteiger partial charge in [-0.2, -0.15) is 8.42 Å². The van der Waals surface area contributed by atoms with Crippen LogP contribution in [-0.2, 0) is 19.5 Å². The van der Waals surface area contributed by atoms with Crippen LogP contribution in [0.25, 0.3) is 0 Å². The Kier molecular flexibility index (Phi) is 3.55. The Labute approximate surface area is 80.3 Å². The summed E-state index contributed by atoms with van der Waals surface area (Å²) < 4.78 is 32.8. The van der Waals surface area contributed by atoms with Crippen molar-refractivity contribution in [3.05, 3.63) is 0 Å². The Hall–Kier alpha value is -0.300. The molecule has 0 spiro atoms. The first kappa shape index (κ1) is 10.8. The molecule has 0 aliphatic heterocycles. The van der Waals surface area contributed by atoms with Gasteiger partial charge in [0.2, 0.25) is 4.34 Å². The lowest BCUT2D eigenvalue weighted by Gasteiger charge is -1.87. The van der Waals surface area contributed by atoms with Crippen LogP contribution in [0.1, 0.15) is 0 Å². The van der Waals surface area contributed by atoms with Crippen molar-refractivity contribution >= 4 is 33.5 Å². The fourth-order valence-electron chi connectivity index (χ4n) is 0.379. The quantitative estimate of drug-likeness (QED) is 0.332. The van der Waals surface area contributed by atoms with Crippen LogP contribution >= 0.6 is 23.4 Å². The summed E-state index contributed by atoms with van der Waals surface area (Å²) in [4.78, 5) is 0. The zero-order valence-electron chi connectivity index (χ0n) is 5.65. The molecule has 0 amide bonds. The maximum Gasteiger partial charge on any atom is 0.324 e. The van der Waals surface area contributed by atoms with Crippen LogP contribution in [0.5, 0.6) is 0 Å². The van der Waals surface area contributed by atoms with E-state index in [-0.39, 0.29) is 4.34 Å². The minimum atomic E-state index is -4.33. The largest absolute Gasteiger partial charge is 0.324 e. The third-order valence-electron chi connectivity index (χ3n) is 0.744. The molecule has 11 heteroatoms. The first-order chi connectivity index (χ1) is 6.04. The van der Waals surface area contributed by atoms with Gasteiger partial charge in [-0.05, 0) is 0 Å². The summed E-state index contributed by atoms with van der Waals surface area (Å²) >= 11 is 1.02. The lowest BCUT2D eigenvalue weighted by molar-refractivity contribution is -0.432. The number of nitrogens with zero attached hydrogens (tertiary/aromatic N) is 2. The predicted molar refractivity (Wildman–Crippen MR) is 40.4 cm³/mol. The third kappa shape index (κ3) is 3.15. The van der Waals surface area contributed by atoms with E-state index in [1.807, 2.05) is 0 Å². The van der Waals surface area contributed by atoms with E-state index in [2.05, 4.69) is 19.6 Å². The summed E-state index contributed by atoms with van der Waals surface area (Å²) in [6, 6.07) is 0. The van der Waals surface area contributed by atoms with Crippen LogP contribution in [-0.4, -0.2) is 28.4 Å². The summed E-state index contributed by atoms with van der Waals surface area (Å²) in [7, 11) is -4.33. The number of hydrogen-bond donors (Lipinski definition) is 2. The summed E-state index contributed by atoms with van der Waals surface area (Å²) in [5.41, 5.74) is 0. The molecule has 1 aromatic rings. The molecule has 0 aliphatic carbocycles. The fourth-order valence-corrected chi connectivity index (χ4v) is 2.27. The second-order valence-electron chi connectivity index (χ2n) is 1.53. The molecular formula is C2H2N2O6S3. The Morgan fingerprint density at radius 3 is 2.62 bits per heavy atom.